The van der Waals surface area contributed by atoms with E-state index in [1.54, 1.807) is 12.2 Å². The summed E-state index contributed by atoms with van der Waals surface area (Å²) in [6.45, 7) is 0.0240. The first-order chi connectivity index (χ1) is 4.69. The molecule has 3 nitrogen and oxygen atoms in total. The Labute approximate surface area is 59.5 Å². The van der Waals surface area contributed by atoms with Crippen molar-refractivity contribution in [2.45, 2.75) is 18.4 Å². The summed E-state index contributed by atoms with van der Waals surface area (Å²) >= 11 is 0. The number of allylic oxidation sites excluding steroid dienone is 1. The van der Waals surface area contributed by atoms with Crippen LogP contribution in [-0.4, -0.2) is 23.0 Å². The number of hydrogen-bond acceptors (Lipinski definition) is 3. The van der Waals surface area contributed by atoms with Crippen LogP contribution >= 0.6 is 0 Å². The van der Waals surface area contributed by atoms with E-state index in [9.17, 15) is 9.90 Å². The molecule has 0 heterocycles. The molecule has 0 aliphatic heterocycles. The van der Waals surface area contributed by atoms with Gasteiger partial charge >= 0.3 is 0 Å². The number of carbonyl (C=O) groups is 1. The van der Waals surface area contributed by atoms with Gasteiger partial charge in [0.1, 0.15) is 5.60 Å². The molecule has 56 valence electrons. The van der Waals surface area contributed by atoms with Gasteiger partial charge in [0.05, 0.1) is 0 Å². The van der Waals surface area contributed by atoms with E-state index >= 15 is 0 Å². The first-order valence-electron chi connectivity index (χ1n) is 3.30. The van der Waals surface area contributed by atoms with Crippen LogP contribution in [0.3, 0.4) is 0 Å². The number of rotatable bonds is 1. The number of Topliss-reactive ketones (excluding diaryl/α,β-unsaturated/α-hetero) is 1. The van der Waals surface area contributed by atoms with E-state index in [0.29, 0.717) is 12.8 Å². The zero-order valence-electron chi connectivity index (χ0n) is 5.71. The second-order valence-corrected chi connectivity index (χ2v) is 2.54. The lowest BCUT2D eigenvalue weighted by Gasteiger charge is -2.25. The van der Waals surface area contributed by atoms with E-state index in [0.717, 1.165) is 0 Å². The van der Waals surface area contributed by atoms with Crippen molar-refractivity contribution in [1.29, 1.82) is 0 Å². The summed E-state index contributed by atoms with van der Waals surface area (Å²) in [7, 11) is 0. The Hall–Kier alpha value is -0.670. The Morgan fingerprint density at radius 1 is 1.70 bits per heavy atom. The summed E-state index contributed by atoms with van der Waals surface area (Å²) < 4.78 is 0. The van der Waals surface area contributed by atoms with Crippen LogP contribution in [0.2, 0.25) is 0 Å². The lowest BCUT2D eigenvalue weighted by Crippen LogP contribution is -2.46. The summed E-state index contributed by atoms with van der Waals surface area (Å²) in [6.07, 6.45) is 4.22. The lowest BCUT2D eigenvalue weighted by atomic mass is 9.88. The first-order valence-corrected chi connectivity index (χ1v) is 3.30. The Balaban J connectivity index is 2.76. The first kappa shape index (κ1) is 7.44. The average Bonchev–Trinajstić information content (AvgIpc) is 1.96. The maximum absolute atomic E-state index is 11.0. The van der Waals surface area contributed by atoms with Crippen molar-refractivity contribution in [3.8, 4) is 0 Å². The smallest absolute Gasteiger partial charge is 0.169 e. The molecular weight excluding hydrogens is 130 g/mol. The van der Waals surface area contributed by atoms with Crippen LogP contribution in [-0.2, 0) is 4.79 Å². The van der Waals surface area contributed by atoms with Gasteiger partial charge in [0, 0.05) is 19.4 Å². The molecule has 1 aliphatic carbocycles. The van der Waals surface area contributed by atoms with Gasteiger partial charge in [0.15, 0.2) is 5.78 Å². The highest BCUT2D eigenvalue weighted by Crippen LogP contribution is 2.17. The van der Waals surface area contributed by atoms with Gasteiger partial charge in [-0.25, -0.2) is 0 Å². The molecule has 0 bridgehead atoms. The highest BCUT2D eigenvalue weighted by molar-refractivity contribution is 5.89. The zero-order chi connectivity index (χ0) is 7.61. The monoisotopic (exact) mass is 141 g/mol. The molecule has 3 heteroatoms. The molecule has 0 aromatic heterocycles. The number of hydrogen-bond donors (Lipinski definition) is 2. The van der Waals surface area contributed by atoms with Crippen LogP contribution in [0.1, 0.15) is 12.8 Å². The Bertz CT molecular complexity index is 176. The summed E-state index contributed by atoms with van der Waals surface area (Å²) in [5.41, 5.74) is 3.95. The zero-order valence-corrected chi connectivity index (χ0v) is 5.71. The minimum atomic E-state index is -1.27. The molecule has 1 atom stereocenters. The van der Waals surface area contributed by atoms with Crippen LogP contribution in [0.4, 0.5) is 0 Å². The molecule has 0 fully saturated rings. The van der Waals surface area contributed by atoms with Crippen molar-refractivity contribution in [3.63, 3.8) is 0 Å². The Kier molecular flexibility index (Phi) is 1.87. The van der Waals surface area contributed by atoms with Crippen molar-refractivity contribution in [2.75, 3.05) is 6.54 Å². The molecule has 0 saturated carbocycles. The quantitative estimate of drug-likeness (QED) is 0.488. The Morgan fingerprint density at radius 3 is 2.80 bits per heavy atom. The minimum absolute atomic E-state index is 0.0240. The van der Waals surface area contributed by atoms with Crippen LogP contribution < -0.4 is 5.73 Å². The molecule has 3 N–H and O–H groups in total. The molecule has 0 radical (unpaired) electrons. The standard InChI is InChI=1S/C7H11NO2/c8-5-7(10)4-2-1-3-6(7)9/h1-2,10H,3-5,8H2. The molecule has 0 saturated heterocycles. The minimum Gasteiger partial charge on any atom is -0.380 e. The van der Waals surface area contributed by atoms with Crippen molar-refractivity contribution in [3.05, 3.63) is 12.2 Å². The maximum atomic E-state index is 11.0. The SMILES string of the molecule is NCC1(O)CC=CCC1=O. The third-order valence-corrected chi connectivity index (χ3v) is 1.78. The topological polar surface area (TPSA) is 63.3 Å². The number of ketones is 1. The summed E-state index contributed by atoms with van der Waals surface area (Å²) in [6, 6.07) is 0. The fraction of sp³-hybridized carbons (Fsp3) is 0.571. The molecule has 1 aliphatic rings. The van der Waals surface area contributed by atoms with Crippen molar-refractivity contribution in [2.24, 2.45) is 5.73 Å². The largest absolute Gasteiger partial charge is 0.380 e. The Morgan fingerprint density at radius 2 is 2.40 bits per heavy atom. The molecule has 0 amide bonds. The van der Waals surface area contributed by atoms with Crippen molar-refractivity contribution < 1.29 is 9.90 Å². The number of carbonyl (C=O) groups excluding carboxylic acids is 1. The van der Waals surface area contributed by atoms with Gasteiger partial charge in [-0.05, 0) is 0 Å². The second-order valence-electron chi connectivity index (χ2n) is 2.54. The molecular formula is C7H11NO2. The lowest BCUT2D eigenvalue weighted by molar-refractivity contribution is -0.135. The predicted molar refractivity (Wildman–Crippen MR) is 37.4 cm³/mol. The molecule has 1 rings (SSSR count). The van der Waals surface area contributed by atoms with E-state index in [2.05, 4.69) is 0 Å². The highest BCUT2D eigenvalue weighted by atomic mass is 16.3. The summed E-state index contributed by atoms with van der Waals surface area (Å²) in [4.78, 5) is 11.0. The van der Waals surface area contributed by atoms with E-state index in [1.165, 1.54) is 0 Å². The van der Waals surface area contributed by atoms with Gasteiger partial charge in [0.2, 0.25) is 0 Å². The maximum Gasteiger partial charge on any atom is 0.169 e. The van der Waals surface area contributed by atoms with E-state index in [4.69, 9.17) is 5.73 Å². The predicted octanol–water partition coefficient (Wildman–Crippen LogP) is -0.405. The van der Waals surface area contributed by atoms with Gasteiger partial charge < -0.3 is 10.8 Å². The van der Waals surface area contributed by atoms with Gasteiger partial charge in [-0.15, -0.1) is 0 Å². The fourth-order valence-electron chi connectivity index (χ4n) is 0.970. The van der Waals surface area contributed by atoms with Crippen LogP contribution in [0, 0.1) is 0 Å². The van der Waals surface area contributed by atoms with Gasteiger partial charge in [-0.1, -0.05) is 12.2 Å². The number of aliphatic hydroxyl groups is 1. The summed E-state index contributed by atoms with van der Waals surface area (Å²) in [5.74, 6) is -0.169. The van der Waals surface area contributed by atoms with Gasteiger partial charge in [0.25, 0.3) is 0 Å². The highest BCUT2D eigenvalue weighted by Gasteiger charge is 2.33. The molecule has 10 heavy (non-hydrogen) atoms. The van der Waals surface area contributed by atoms with E-state index in [-0.39, 0.29) is 12.3 Å². The number of nitrogens with two attached hydrogens (primary N) is 1. The van der Waals surface area contributed by atoms with E-state index in [1.807, 2.05) is 0 Å². The molecule has 0 spiro atoms. The second kappa shape index (κ2) is 2.52. The van der Waals surface area contributed by atoms with Gasteiger partial charge in [-0.3, -0.25) is 4.79 Å². The van der Waals surface area contributed by atoms with Crippen LogP contribution in [0.15, 0.2) is 12.2 Å². The molecule has 0 aromatic carbocycles. The van der Waals surface area contributed by atoms with Crippen LogP contribution in [0.25, 0.3) is 0 Å². The summed E-state index contributed by atoms with van der Waals surface area (Å²) in [5, 5.41) is 9.42. The third-order valence-electron chi connectivity index (χ3n) is 1.78. The van der Waals surface area contributed by atoms with Gasteiger partial charge in [-0.2, -0.15) is 0 Å². The molecule has 0 aromatic rings. The van der Waals surface area contributed by atoms with E-state index < -0.39 is 5.60 Å². The normalized spacial score (nSPS) is 32.8. The average molecular weight is 141 g/mol. The van der Waals surface area contributed by atoms with Crippen LogP contribution in [0.5, 0.6) is 0 Å². The third kappa shape index (κ3) is 1.10. The van der Waals surface area contributed by atoms with Crippen molar-refractivity contribution in [1.82, 2.24) is 0 Å². The van der Waals surface area contributed by atoms with Crippen molar-refractivity contribution >= 4 is 5.78 Å². The fourth-order valence-corrected chi connectivity index (χ4v) is 0.970. The molecule has 1 unspecified atom stereocenters.